The van der Waals surface area contributed by atoms with Crippen LogP contribution in [0.25, 0.3) is 10.8 Å². The second-order valence-electron chi connectivity index (χ2n) is 4.47. The summed E-state index contributed by atoms with van der Waals surface area (Å²) in [6.45, 7) is 2.01. The fraction of sp³-hybridized carbons (Fsp3) is 0.231. The number of aromatic nitrogens is 3. The molecule has 0 atom stereocenters. The van der Waals surface area contributed by atoms with Crippen molar-refractivity contribution in [1.82, 2.24) is 14.8 Å². The van der Waals surface area contributed by atoms with Crippen molar-refractivity contribution < 1.29 is 9.21 Å². The average Bonchev–Trinajstić information content (AvgIpc) is 3.18. The number of thiophene rings is 1. The molecule has 0 spiro atoms. The van der Waals surface area contributed by atoms with Crippen LogP contribution in [0.1, 0.15) is 12.1 Å². The lowest BCUT2D eigenvalue weighted by molar-refractivity contribution is -0.116. The first-order valence-electron chi connectivity index (χ1n) is 6.45. The number of amides is 1. The summed E-state index contributed by atoms with van der Waals surface area (Å²) in [5.41, 5.74) is 0.855. The Morgan fingerprint density at radius 3 is 3.00 bits per heavy atom. The minimum absolute atomic E-state index is 0.120. The number of hydrogen-bond donors (Lipinski definition) is 1. The Morgan fingerprint density at radius 1 is 1.45 bits per heavy atom. The third-order valence-electron chi connectivity index (χ3n) is 2.75. The van der Waals surface area contributed by atoms with E-state index in [1.807, 2.05) is 29.8 Å². The van der Waals surface area contributed by atoms with E-state index in [9.17, 15) is 9.59 Å². The molecule has 0 radical (unpaired) electrons. The summed E-state index contributed by atoms with van der Waals surface area (Å²) in [4.78, 5) is 28.5. The minimum Gasteiger partial charge on any atom is -0.387 e. The SMILES string of the molecule is Cc1csc(NC(=O)CCn2nc(-c3cccs3)oc2=O)n1. The number of carbonyl (C=O) groups excluding carboxylic acids is 1. The van der Waals surface area contributed by atoms with Crippen molar-refractivity contribution in [2.24, 2.45) is 0 Å². The largest absolute Gasteiger partial charge is 0.437 e. The Bertz CT molecular complexity index is 832. The number of carbonyl (C=O) groups is 1. The normalized spacial score (nSPS) is 10.8. The van der Waals surface area contributed by atoms with E-state index in [1.165, 1.54) is 22.7 Å². The van der Waals surface area contributed by atoms with Gasteiger partial charge in [0, 0.05) is 11.8 Å². The molecule has 9 heteroatoms. The standard InChI is InChI=1S/C13H12N4O3S2/c1-8-7-22-12(14-8)15-10(18)4-5-17-13(19)20-11(16-17)9-3-2-6-21-9/h2-3,6-7H,4-5H2,1H3,(H,14,15,18). The van der Waals surface area contributed by atoms with Crippen LogP contribution in [0.4, 0.5) is 5.13 Å². The van der Waals surface area contributed by atoms with Crippen LogP contribution in [0.2, 0.25) is 0 Å². The van der Waals surface area contributed by atoms with E-state index < -0.39 is 5.76 Å². The van der Waals surface area contributed by atoms with Crippen molar-refractivity contribution in [2.75, 3.05) is 5.32 Å². The van der Waals surface area contributed by atoms with Crippen LogP contribution in [-0.4, -0.2) is 20.7 Å². The van der Waals surface area contributed by atoms with E-state index in [1.54, 1.807) is 0 Å². The van der Waals surface area contributed by atoms with Crippen molar-refractivity contribution >= 4 is 33.7 Å². The van der Waals surface area contributed by atoms with Gasteiger partial charge < -0.3 is 9.73 Å². The van der Waals surface area contributed by atoms with Gasteiger partial charge in [0.25, 0.3) is 5.89 Å². The third-order valence-corrected chi connectivity index (χ3v) is 4.49. The topological polar surface area (TPSA) is 90.0 Å². The molecule has 0 aliphatic heterocycles. The fourth-order valence-corrected chi connectivity index (χ4v) is 3.10. The molecule has 3 heterocycles. The molecule has 0 bridgehead atoms. The highest BCUT2D eigenvalue weighted by Crippen LogP contribution is 2.21. The van der Waals surface area contributed by atoms with Crippen LogP contribution in [0.5, 0.6) is 0 Å². The van der Waals surface area contributed by atoms with E-state index in [2.05, 4.69) is 15.4 Å². The summed E-state index contributed by atoms with van der Waals surface area (Å²) < 4.78 is 6.23. The molecule has 22 heavy (non-hydrogen) atoms. The second kappa shape index (κ2) is 6.24. The molecule has 3 aromatic heterocycles. The van der Waals surface area contributed by atoms with Crippen molar-refractivity contribution in [3.63, 3.8) is 0 Å². The van der Waals surface area contributed by atoms with Gasteiger partial charge in [-0.2, -0.15) is 4.68 Å². The maximum Gasteiger partial charge on any atom is 0.437 e. The van der Waals surface area contributed by atoms with Gasteiger partial charge in [-0.25, -0.2) is 9.78 Å². The maximum absolute atomic E-state index is 11.8. The molecule has 1 amide bonds. The van der Waals surface area contributed by atoms with Gasteiger partial charge in [-0.3, -0.25) is 4.79 Å². The van der Waals surface area contributed by atoms with Gasteiger partial charge >= 0.3 is 5.76 Å². The Balaban J connectivity index is 1.62. The van der Waals surface area contributed by atoms with Gasteiger partial charge in [-0.15, -0.1) is 27.8 Å². The lowest BCUT2D eigenvalue weighted by atomic mass is 10.4. The van der Waals surface area contributed by atoms with Gasteiger partial charge in [0.15, 0.2) is 5.13 Å². The molecule has 0 unspecified atom stereocenters. The zero-order valence-corrected chi connectivity index (χ0v) is 13.2. The summed E-state index contributed by atoms with van der Waals surface area (Å²) >= 11 is 2.79. The quantitative estimate of drug-likeness (QED) is 0.772. The highest BCUT2D eigenvalue weighted by Gasteiger charge is 2.12. The average molecular weight is 336 g/mol. The van der Waals surface area contributed by atoms with Gasteiger partial charge in [0.2, 0.25) is 5.91 Å². The first-order valence-corrected chi connectivity index (χ1v) is 8.21. The smallest absolute Gasteiger partial charge is 0.387 e. The number of rotatable bonds is 5. The molecule has 7 nitrogen and oxygen atoms in total. The number of nitrogens with one attached hydrogen (secondary N) is 1. The lowest BCUT2D eigenvalue weighted by Gasteiger charge is -2.00. The number of thiazole rings is 1. The van der Waals surface area contributed by atoms with Gasteiger partial charge in [0.05, 0.1) is 17.1 Å². The number of anilines is 1. The molecule has 0 saturated heterocycles. The molecular weight excluding hydrogens is 324 g/mol. The lowest BCUT2D eigenvalue weighted by Crippen LogP contribution is -2.20. The zero-order valence-electron chi connectivity index (χ0n) is 11.6. The number of aryl methyl sites for hydroxylation is 2. The minimum atomic E-state index is -0.568. The maximum atomic E-state index is 11.8. The Kier molecular flexibility index (Phi) is 4.16. The predicted molar refractivity (Wildman–Crippen MR) is 84.2 cm³/mol. The first-order chi connectivity index (χ1) is 10.6. The van der Waals surface area contributed by atoms with Gasteiger partial charge in [-0.05, 0) is 18.4 Å². The summed E-state index contributed by atoms with van der Waals surface area (Å²) in [7, 11) is 0. The van der Waals surface area contributed by atoms with Crippen molar-refractivity contribution in [3.8, 4) is 10.8 Å². The Hall–Kier alpha value is -2.26. The number of hydrogen-bond acceptors (Lipinski definition) is 7. The molecular formula is C13H12N4O3S2. The molecule has 3 aromatic rings. The van der Waals surface area contributed by atoms with Crippen LogP contribution in [0, 0.1) is 6.92 Å². The number of nitrogens with zero attached hydrogens (tertiary/aromatic N) is 3. The van der Waals surface area contributed by atoms with E-state index in [-0.39, 0.29) is 24.8 Å². The van der Waals surface area contributed by atoms with Crippen molar-refractivity contribution in [3.05, 3.63) is 39.1 Å². The summed E-state index contributed by atoms with van der Waals surface area (Å²) in [6.07, 6.45) is 0.120. The summed E-state index contributed by atoms with van der Waals surface area (Å²) in [6, 6.07) is 3.67. The molecule has 0 fully saturated rings. The Labute approximate surface area is 133 Å². The summed E-state index contributed by atoms with van der Waals surface area (Å²) in [5, 5.41) is 11.0. The van der Waals surface area contributed by atoms with E-state index in [0.717, 1.165) is 15.3 Å². The molecule has 3 rings (SSSR count). The van der Waals surface area contributed by atoms with Crippen LogP contribution >= 0.6 is 22.7 Å². The van der Waals surface area contributed by atoms with E-state index in [4.69, 9.17) is 4.42 Å². The van der Waals surface area contributed by atoms with E-state index >= 15 is 0 Å². The molecule has 1 N–H and O–H groups in total. The second-order valence-corrected chi connectivity index (χ2v) is 6.27. The van der Waals surface area contributed by atoms with E-state index in [0.29, 0.717) is 5.13 Å². The molecule has 0 aliphatic carbocycles. The van der Waals surface area contributed by atoms with Crippen LogP contribution in [-0.2, 0) is 11.3 Å². The highest BCUT2D eigenvalue weighted by atomic mass is 32.1. The Morgan fingerprint density at radius 2 is 2.32 bits per heavy atom. The highest BCUT2D eigenvalue weighted by molar-refractivity contribution is 7.14. The predicted octanol–water partition coefficient (Wildman–Crippen LogP) is 2.36. The molecule has 114 valence electrons. The molecule has 0 aliphatic rings. The van der Waals surface area contributed by atoms with Gasteiger partial charge in [0.1, 0.15) is 0 Å². The van der Waals surface area contributed by atoms with Crippen LogP contribution in [0.3, 0.4) is 0 Å². The van der Waals surface area contributed by atoms with Crippen molar-refractivity contribution in [1.29, 1.82) is 0 Å². The molecule has 0 aromatic carbocycles. The third kappa shape index (κ3) is 3.31. The van der Waals surface area contributed by atoms with Gasteiger partial charge in [-0.1, -0.05) is 6.07 Å². The zero-order chi connectivity index (χ0) is 15.5. The van der Waals surface area contributed by atoms with Crippen LogP contribution < -0.4 is 11.1 Å². The summed E-state index contributed by atoms with van der Waals surface area (Å²) in [5.74, 6) is -0.515. The molecule has 0 saturated carbocycles. The van der Waals surface area contributed by atoms with Crippen molar-refractivity contribution in [2.45, 2.75) is 19.9 Å². The first kappa shape index (κ1) is 14.7. The monoisotopic (exact) mass is 336 g/mol. The fourth-order valence-electron chi connectivity index (χ4n) is 1.75. The van der Waals surface area contributed by atoms with Crippen LogP contribution in [0.15, 0.2) is 32.1 Å².